The fourth-order valence-electron chi connectivity index (χ4n) is 1.59. The van der Waals surface area contributed by atoms with Gasteiger partial charge in [0, 0.05) is 13.2 Å². The quantitative estimate of drug-likeness (QED) is 0.852. The fourth-order valence-corrected chi connectivity index (χ4v) is 2.37. The highest BCUT2D eigenvalue weighted by Gasteiger charge is 2.19. The van der Waals surface area contributed by atoms with E-state index in [4.69, 9.17) is 11.5 Å². The second kappa shape index (κ2) is 5.01. The van der Waals surface area contributed by atoms with Crippen LogP contribution in [0.1, 0.15) is 16.1 Å². The van der Waals surface area contributed by atoms with Gasteiger partial charge in [-0.3, -0.25) is 9.78 Å². The monoisotopic (exact) mass is 263 g/mol. The lowest BCUT2D eigenvalue weighted by atomic mass is 10.2. The number of carbonyl (C=O) groups excluding carboxylic acids is 1. The van der Waals surface area contributed by atoms with Gasteiger partial charge < -0.3 is 16.4 Å². The zero-order valence-corrected chi connectivity index (χ0v) is 10.6. The van der Waals surface area contributed by atoms with Crippen molar-refractivity contribution in [3.05, 3.63) is 35.7 Å². The predicted octanol–water partition coefficient (Wildman–Crippen LogP) is 0.856. The SMILES string of the molecule is CN(Cc1ccccn1)c1snc(N)c1C(N)=O. The van der Waals surface area contributed by atoms with Crippen LogP contribution in [0.5, 0.6) is 0 Å². The van der Waals surface area contributed by atoms with Crippen LogP contribution in [0.3, 0.4) is 0 Å². The van der Waals surface area contributed by atoms with Crippen molar-refractivity contribution >= 4 is 28.3 Å². The number of primary amides is 1. The minimum atomic E-state index is -0.566. The molecule has 94 valence electrons. The van der Waals surface area contributed by atoms with Gasteiger partial charge in [0.05, 0.1) is 12.2 Å². The Bertz CT molecular complexity index is 554. The van der Waals surface area contributed by atoms with Gasteiger partial charge in [0.15, 0.2) is 5.82 Å². The van der Waals surface area contributed by atoms with Crippen LogP contribution in [0.15, 0.2) is 24.4 Å². The van der Waals surface area contributed by atoms with Crippen LogP contribution in [0.4, 0.5) is 10.8 Å². The maximum absolute atomic E-state index is 11.3. The zero-order valence-electron chi connectivity index (χ0n) is 9.83. The fraction of sp³-hybridized carbons (Fsp3) is 0.182. The molecular formula is C11H13N5OS. The topological polar surface area (TPSA) is 98.1 Å². The molecule has 0 aliphatic carbocycles. The Hall–Kier alpha value is -2.15. The predicted molar refractivity (Wildman–Crippen MR) is 71.4 cm³/mol. The number of aromatic nitrogens is 2. The van der Waals surface area contributed by atoms with Crippen molar-refractivity contribution in [2.24, 2.45) is 5.73 Å². The Morgan fingerprint density at radius 2 is 2.28 bits per heavy atom. The molecule has 7 heteroatoms. The highest BCUT2D eigenvalue weighted by Crippen LogP contribution is 2.29. The molecular weight excluding hydrogens is 250 g/mol. The number of nitrogens with zero attached hydrogens (tertiary/aromatic N) is 3. The molecule has 0 radical (unpaired) electrons. The summed E-state index contributed by atoms with van der Waals surface area (Å²) < 4.78 is 3.96. The van der Waals surface area contributed by atoms with E-state index >= 15 is 0 Å². The minimum Gasteiger partial charge on any atom is -0.382 e. The molecule has 4 N–H and O–H groups in total. The summed E-state index contributed by atoms with van der Waals surface area (Å²) >= 11 is 1.15. The van der Waals surface area contributed by atoms with E-state index in [1.54, 1.807) is 6.20 Å². The molecule has 0 aliphatic heterocycles. The summed E-state index contributed by atoms with van der Waals surface area (Å²) in [5.74, 6) is -0.389. The van der Waals surface area contributed by atoms with E-state index in [9.17, 15) is 4.79 Å². The Morgan fingerprint density at radius 3 is 2.89 bits per heavy atom. The lowest BCUT2D eigenvalue weighted by Gasteiger charge is -2.17. The van der Waals surface area contributed by atoms with Crippen LogP contribution in [-0.4, -0.2) is 22.3 Å². The van der Waals surface area contributed by atoms with Gasteiger partial charge in [0.1, 0.15) is 10.6 Å². The van der Waals surface area contributed by atoms with Gasteiger partial charge in [-0.1, -0.05) is 6.07 Å². The molecule has 1 amide bonds. The first-order valence-corrected chi connectivity index (χ1v) is 6.03. The molecule has 2 rings (SSSR count). The number of rotatable bonds is 4. The van der Waals surface area contributed by atoms with E-state index in [0.29, 0.717) is 11.5 Å². The average Bonchev–Trinajstić information content (AvgIpc) is 2.72. The molecule has 0 bridgehead atoms. The Kier molecular flexibility index (Phi) is 3.42. The van der Waals surface area contributed by atoms with Gasteiger partial charge in [-0.05, 0) is 23.7 Å². The molecule has 2 aromatic heterocycles. The molecule has 0 saturated heterocycles. The van der Waals surface area contributed by atoms with Crippen LogP contribution in [0, 0.1) is 0 Å². The first kappa shape index (κ1) is 12.3. The lowest BCUT2D eigenvalue weighted by Crippen LogP contribution is -2.21. The van der Waals surface area contributed by atoms with Crippen molar-refractivity contribution in [1.29, 1.82) is 0 Å². The van der Waals surface area contributed by atoms with Crippen molar-refractivity contribution in [3.8, 4) is 0 Å². The summed E-state index contributed by atoms with van der Waals surface area (Å²) in [4.78, 5) is 17.4. The molecule has 0 aliphatic rings. The minimum absolute atomic E-state index is 0.176. The van der Waals surface area contributed by atoms with Gasteiger partial charge in [-0.25, -0.2) is 0 Å². The third-order valence-electron chi connectivity index (χ3n) is 2.42. The molecule has 0 unspecified atom stereocenters. The maximum Gasteiger partial charge on any atom is 0.255 e. The van der Waals surface area contributed by atoms with Crippen LogP contribution in [0.2, 0.25) is 0 Å². The number of amides is 1. The molecule has 0 spiro atoms. The third kappa shape index (κ3) is 2.40. The summed E-state index contributed by atoms with van der Waals surface area (Å²) in [5.41, 5.74) is 12.1. The van der Waals surface area contributed by atoms with Crippen molar-refractivity contribution < 1.29 is 4.79 Å². The summed E-state index contributed by atoms with van der Waals surface area (Å²) in [6.45, 7) is 0.558. The van der Waals surface area contributed by atoms with Crippen LogP contribution < -0.4 is 16.4 Å². The lowest BCUT2D eigenvalue weighted by molar-refractivity contribution is 0.100. The van der Waals surface area contributed by atoms with E-state index in [1.807, 2.05) is 30.1 Å². The number of hydrogen-bond acceptors (Lipinski definition) is 6. The number of pyridine rings is 1. The molecule has 2 heterocycles. The molecule has 0 fully saturated rings. The van der Waals surface area contributed by atoms with E-state index in [-0.39, 0.29) is 11.4 Å². The van der Waals surface area contributed by atoms with Crippen molar-refractivity contribution in [1.82, 2.24) is 9.36 Å². The van der Waals surface area contributed by atoms with Crippen LogP contribution in [-0.2, 0) is 6.54 Å². The summed E-state index contributed by atoms with van der Waals surface area (Å²) in [7, 11) is 1.84. The highest BCUT2D eigenvalue weighted by atomic mass is 32.1. The summed E-state index contributed by atoms with van der Waals surface area (Å²) in [5, 5.41) is 0.658. The second-order valence-electron chi connectivity index (χ2n) is 3.79. The molecule has 0 saturated carbocycles. The molecule has 0 atom stereocenters. The van der Waals surface area contributed by atoms with E-state index in [1.165, 1.54) is 0 Å². The first-order chi connectivity index (χ1) is 8.59. The van der Waals surface area contributed by atoms with Crippen molar-refractivity contribution in [2.75, 3.05) is 17.7 Å². The largest absolute Gasteiger partial charge is 0.382 e. The molecule has 0 aromatic carbocycles. The second-order valence-corrected chi connectivity index (χ2v) is 4.54. The average molecular weight is 263 g/mol. The van der Waals surface area contributed by atoms with Gasteiger partial charge >= 0.3 is 0 Å². The van der Waals surface area contributed by atoms with Crippen molar-refractivity contribution in [2.45, 2.75) is 6.54 Å². The molecule has 6 nitrogen and oxygen atoms in total. The Balaban J connectivity index is 2.24. The number of carbonyl (C=O) groups is 1. The summed E-state index contributed by atoms with van der Waals surface area (Å²) in [6, 6.07) is 5.67. The van der Waals surface area contributed by atoms with E-state index in [2.05, 4.69) is 9.36 Å². The van der Waals surface area contributed by atoms with Crippen LogP contribution in [0.25, 0.3) is 0 Å². The molecule has 2 aromatic rings. The normalized spacial score (nSPS) is 10.3. The standard InChI is InChI=1S/C11H13N5OS/c1-16(6-7-4-2-3-5-14-7)11-8(10(13)17)9(12)15-18-11/h2-5H,6H2,1H3,(H2,12,15)(H2,13,17). The number of anilines is 2. The number of hydrogen-bond donors (Lipinski definition) is 2. The van der Waals surface area contributed by atoms with Gasteiger partial charge in [0.2, 0.25) is 0 Å². The van der Waals surface area contributed by atoms with Crippen molar-refractivity contribution in [3.63, 3.8) is 0 Å². The Labute approximate surface area is 108 Å². The van der Waals surface area contributed by atoms with Gasteiger partial charge in [-0.15, -0.1) is 0 Å². The number of nitrogens with two attached hydrogens (primary N) is 2. The zero-order chi connectivity index (χ0) is 13.1. The maximum atomic E-state index is 11.3. The third-order valence-corrected chi connectivity index (χ3v) is 3.40. The van der Waals surface area contributed by atoms with E-state index in [0.717, 1.165) is 17.2 Å². The van der Waals surface area contributed by atoms with Gasteiger partial charge in [-0.2, -0.15) is 4.37 Å². The molecule has 18 heavy (non-hydrogen) atoms. The van der Waals surface area contributed by atoms with Crippen LogP contribution >= 0.6 is 11.5 Å². The highest BCUT2D eigenvalue weighted by molar-refractivity contribution is 7.11. The first-order valence-electron chi connectivity index (χ1n) is 5.25. The van der Waals surface area contributed by atoms with E-state index < -0.39 is 5.91 Å². The Morgan fingerprint density at radius 1 is 1.50 bits per heavy atom. The van der Waals surface area contributed by atoms with Gasteiger partial charge in [0.25, 0.3) is 5.91 Å². The number of nitrogen functional groups attached to an aromatic ring is 1. The smallest absolute Gasteiger partial charge is 0.255 e. The summed E-state index contributed by atoms with van der Waals surface area (Å²) in [6.07, 6.45) is 1.72.